The van der Waals surface area contributed by atoms with Crippen LogP contribution in [-0.2, 0) is 16.0 Å². The molecule has 1 unspecified atom stereocenters. The largest absolute Gasteiger partial charge is 0.482 e. The van der Waals surface area contributed by atoms with Crippen molar-refractivity contribution in [2.45, 2.75) is 38.7 Å². The van der Waals surface area contributed by atoms with Crippen LogP contribution in [0.1, 0.15) is 31.2 Å². The standard InChI is InChI=1S/C18H25N3O4/c1-4-14-15(7-6-13(2)19-14)24-10-16(22)21-9-5-8-18(12-21)11-20(3)17(23)25-18/h6-7H,4-5,8-12H2,1-3H3. The zero-order chi connectivity index (χ0) is 18.0. The fraction of sp³-hybridized carbons (Fsp3) is 0.611. The highest BCUT2D eigenvalue weighted by Gasteiger charge is 2.47. The molecule has 0 aliphatic carbocycles. The summed E-state index contributed by atoms with van der Waals surface area (Å²) in [5, 5.41) is 0. The molecule has 0 aromatic carbocycles. The van der Waals surface area contributed by atoms with Crippen LogP contribution in [0.15, 0.2) is 12.1 Å². The quantitative estimate of drug-likeness (QED) is 0.830. The summed E-state index contributed by atoms with van der Waals surface area (Å²) in [6, 6.07) is 3.74. The number of aromatic nitrogens is 1. The second kappa shape index (κ2) is 6.90. The Morgan fingerprint density at radius 1 is 1.40 bits per heavy atom. The Morgan fingerprint density at radius 3 is 2.88 bits per heavy atom. The van der Waals surface area contributed by atoms with Gasteiger partial charge in [0.2, 0.25) is 0 Å². The van der Waals surface area contributed by atoms with Crippen molar-refractivity contribution in [1.82, 2.24) is 14.8 Å². The first-order valence-corrected chi connectivity index (χ1v) is 8.74. The summed E-state index contributed by atoms with van der Waals surface area (Å²) in [4.78, 5) is 32.0. The van der Waals surface area contributed by atoms with Crippen molar-refractivity contribution in [3.05, 3.63) is 23.5 Å². The first-order valence-electron chi connectivity index (χ1n) is 8.74. The summed E-state index contributed by atoms with van der Waals surface area (Å²) in [6.07, 6.45) is 2.04. The number of nitrogens with zero attached hydrogens (tertiary/aromatic N) is 3. The minimum Gasteiger partial charge on any atom is -0.482 e. The molecule has 1 aromatic heterocycles. The Labute approximate surface area is 147 Å². The van der Waals surface area contributed by atoms with Crippen molar-refractivity contribution in [3.63, 3.8) is 0 Å². The number of likely N-dealkylation sites (N-methyl/N-ethyl adjacent to an activating group) is 1. The van der Waals surface area contributed by atoms with E-state index in [-0.39, 0.29) is 18.6 Å². The van der Waals surface area contributed by atoms with Gasteiger partial charge in [-0.05, 0) is 38.3 Å². The van der Waals surface area contributed by atoms with Crippen LogP contribution in [0.2, 0.25) is 0 Å². The van der Waals surface area contributed by atoms with Gasteiger partial charge < -0.3 is 19.3 Å². The molecule has 7 nitrogen and oxygen atoms in total. The van der Waals surface area contributed by atoms with E-state index in [1.54, 1.807) is 16.8 Å². The Kier molecular flexibility index (Phi) is 4.83. The van der Waals surface area contributed by atoms with Crippen LogP contribution in [-0.4, -0.2) is 65.7 Å². The molecule has 2 fully saturated rings. The molecule has 3 heterocycles. The van der Waals surface area contributed by atoms with Crippen LogP contribution in [0, 0.1) is 6.92 Å². The number of pyridine rings is 1. The SMILES string of the molecule is CCc1nc(C)ccc1OCC(=O)N1CCCC2(CN(C)C(=O)O2)C1. The highest BCUT2D eigenvalue weighted by Crippen LogP contribution is 2.31. The highest BCUT2D eigenvalue weighted by atomic mass is 16.6. The van der Waals surface area contributed by atoms with Crippen molar-refractivity contribution in [2.24, 2.45) is 0 Å². The van der Waals surface area contributed by atoms with Gasteiger partial charge in [-0.2, -0.15) is 0 Å². The van der Waals surface area contributed by atoms with Crippen LogP contribution in [0.5, 0.6) is 5.75 Å². The van der Waals surface area contributed by atoms with Gasteiger partial charge in [-0.15, -0.1) is 0 Å². The van der Waals surface area contributed by atoms with Crippen molar-refractivity contribution in [1.29, 1.82) is 0 Å². The Balaban J connectivity index is 1.61. The molecule has 1 spiro atoms. The first-order chi connectivity index (χ1) is 11.9. The molecule has 0 radical (unpaired) electrons. The lowest BCUT2D eigenvalue weighted by Gasteiger charge is -2.38. The summed E-state index contributed by atoms with van der Waals surface area (Å²) in [5.41, 5.74) is 1.22. The lowest BCUT2D eigenvalue weighted by molar-refractivity contribution is -0.139. The molecule has 3 rings (SSSR count). The number of aryl methyl sites for hydroxylation is 2. The van der Waals surface area contributed by atoms with Gasteiger partial charge >= 0.3 is 6.09 Å². The third-order valence-electron chi connectivity index (χ3n) is 4.79. The molecule has 2 amide bonds. The van der Waals surface area contributed by atoms with Crippen molar-refractivity contribution >= 4 is 12.0 Å². The molecule has 1 atom stereocenters. The molecule has 0 saturated carbocycles. The van der Waals surface area contributed by atoms with Gasteiger partial charge in [-0.25, -0.2) is 4.79 Å². The zero-order valence-electron chi connectivity index (χ0n) is 15.1. The topological polar surface area (TPSA) is 72.0 Å². The minimum atomic E-state index is -0.570. The minimum absolute atomic E-state index is 0.0302. The molecule has 136 valence electrons. The molecule has 0 N–H and O–H groups in total. The number of rotatable bonds is 4. The predicted octanol–water partition coefficient (Wildman–Crippen LogP) is 1.77. The Hall–Kier alpha value is -2.31. The molecule has 2 aliphatic rings. The van der Waals surface area contributed by atoms with E-state index in [9.17, 15) is 9.59 Å². The summed E-state index contributed by atoms with van der Waals surface area (Å²) in [6.45, 7) is 5.53. The maximum atomic E-state index is 12.6. The van der Waals surface area contributed by atoms with Gasteiger partial charge in [0.1, 0.15) is 11.4 Å². The lowest BCUT2D eigenvalue weighted by Crippen LogP contribution is -2.53. The smallest absolute Gasteiger partial charge is 0.410 e. The monoisotopic (exact) mass is 347 g/mol. The van der Waals surface area contributed by atoms with Gasteiger partial charge in [0.15, 0.2) is 6.61 Å². The number of hydrogen-bond donors (Lipinski definition) is 0. The second-order valence-electron chi connectivity index (χ2n) is 6.87. The van der Waals surface area contributed by atoms with Crippen molar-refractivity contribution in [3.8, 4) is 5.75 Å². The van der Waals surface area contributed by atoms with Gasteiger partial charge in [0.25, 0.3) is 5.91 Å². The van der Waals surface area contributed by atoms with Crippen LogP contribution in [0.4, 0.5) is 4.79 Å². The van der Waals surface area contributed by atoms with Crippen molar-refractivity contribution in [2.75, 3.05) is 33.3 Å². The lowest BCUT2D eigenvalue weighted by atomic mass is 9.93. The predicted molar refractivity (Wildman–Crippen MR) is 91.5 cm³/mol. The highest BCUT2D eigenvalue weighted by molar-refractivity contribution is 5.78. The molecule has 2 aliphatic heterocycles. The average Bonchev–Trinajstić information content (AvgIpc) is 2.86. The Bertz CT molecular complexity index is 678. The van der Waals surface area contributed by atoms with E-state index in [0.29, 0.717) is 25.4 Å². The molecule has 1 aromatic rings. The number of hydrogen-bond acceptors (Lipinski definition) is 5. The van der Waals surface area contributed by atoms with E-state index >= 15 is 0 Å². The normalized spacial score (nSPS) is 23.1. The van der Waals surface area contributed by atoms with E-state index in [1.807, 2.05) is 26.0 Å². The van der Waals surface area contributed by atoms with Crippen molar-refractivity contribution < 1.29 is 19.1 Å². The molecule has 2 saturated heterocycles. The molecular formula is C18H25N3O4. The van der Waals surface area contributed by atoms with Crippen LogP contribution >= 0.6 is 0 Å². The zero-order valence-corrected chi connectivity index (χ0v) is 15.1. The summed E-state index contributed by atoms with van der Waals surface area (Å²) in [5.74, 6) is 0.563. The number of ether oxygens (including phenoxy) is 2. The van der Waals surface area contributed by atoms with Crippen LogP contribution in [0.3, 0.4) is 0 Å². The molecule has 7 heteroatoms. The molecule has 0 bridgehead atoms. The second-order valence-corrected chi connectivity index (χ2v) is 6.87. The third-order valence-corrected chi connectivity index (χ3v) is 4.79. The molecule has 25 heavy (non-hydrogen) atoms. The number of likely N-dealkylation sites (tertiary alicyclic amines) is 1. The number of carbonyl (C=O) groups excluding carboxylic acids is 2. The first kappa shape index (κ1) is 17.5. The Morgan fingerprint density at radius 2 is 2.20 bits per heavy atom. The van der Waals surface area contributed by atoms with Gasteiger partial charge in [0, 0.05) is 19.3 Å². The van der Waals surface area contributed by atoms with Gasteiger partial charge in [-0.3, -0.25) is 9.78 Å². The van der Waals surface area contributed by atoms with E-state index < -0.39 is 5.60 Å². The maximum absolute atomic E-state index is 12.6. The van der Waals surface area contributed by atoms with Crippen LogP contribution in [0.25, 0.3) is 0 Å². The van der Waals surface area contributed by atoms with Gasteiger partial charge in [-0.1, -0.05) is 6.92 Å². The summed E-state index contributed by atoms with van der Waals surface area (Å²) in [7, 11) is 1.72. The van der Waals surface area contributed by atoms with E-state index in [4.69, 9.17) is 9.47 Å². The average molecular weight is 347 g/mol. The number of carbonyl (C=O) groups is 2. The number of piperidine rings is 1. The van der Waals surface area contributed by atoms with Gasteiger partial charge in [0.05, 0.1) is 18.8 Å². The maximum Gasteiger partial charge on any atom is 0.410 e. The third kappa shape index (κ3) is 3.70. The fourth-order valence-electron chi connectivity index (χ4n) is 3.53. The van der Waals surface area contributed by atoms with E-state index in [2.05, 4.69) is 4.98 Å². The molecular weight excluding hydrogens is 322 g/mol. The number of amides is 2. The summed E-state index contributed by atoms with van der Waals surface area (Å²) >= 11 is 0. The fourth-order valence-corrected chi connectivity index (χ4v) is 3.53. The summed E-state index contributed by atoms with van der Waals surface area (Å²) < 4.78 is 11.3. The van der Waals surface area contributed by atoms with E-state index in [1.165, 1.54) is 0 Å². The van der Waals surface area contributed by atoms with Crippen LogP contribution < -0.4 is 4.74 Å². The van der Waals surface area contributed by atoms with E-state index in [0.717, 1.165) is 30.7 Å².